The largest absolute Gasteiger partial charge is 0.573 e. The van der Waals surface area contributed by atoms with Crippen molar-refractivity contribution in [1.29, 1.82) is 0 Å². The zero-order valence-electron chi connectivity index (χ0n) is 19.4. The molecule has 3 aromatic rings. The van der Waals surface area contributed by atoms with Crippen LogP contribution in [0.4, 0.5) is 19.0 Å². The van der Waals surface area contributed by atoms with Gasteiger partial charge in [0.25, 0.3) is 0 Å². The fourth-order valence-electron chi connectivity index (χ4n) is 4.81. The normalized spacial score (nSPS) is 18.7. The summed E-state index contributed by atoms with van der Waals surface area (Å²) in [6.45, 7) is 6.01. The summed E-state index contributed by atoms with van der Waals surface area (Å²) in [5.41, 5.74) is 1.40. The van der Waals surface area contributed by atoms with Crippen LogP contribution in [-0.2, 0) is 4.74 Å². The molecule has 0 radical (unpaired) electrons. The maximum Gasteiger partial charge on any atom is 0.573 e. The lowest BCUT2D eigenvalue weighted by Gasteiger charge is -2.35. The predicted octanol–water partition coefficient (Wildman–Crippen LogP) is 4.26. The molecular weight excluding hydrogens is 461 g/mol. The van der Waals surface area contributed by atoms with E-state index < -0.39 is 6.36 Å². The van der Waals surface area contributed by atoms with Gasteiger partial charge < -0.3 is 19.7 Å². The van der Waals surface area contributed by atoms with Crippen LogP contribution in [0.5, 0.6) is 5.75 Å². The van der Waals surface area contributed by atoms with Gasteiger partial charge in [-0.1, -0.05) is 11.3 Å². The summed E-state index contributed by atoms with van der Waals surface area (Å²) in [7, 11) is 0. The van der Waals surface area contributed by atoms with Crippen LogP contribution in [-0.4, -0.2) is 70.6 Å². The molecule has 0 unspecified atom stereocenters. The van der Waals surface area contributed by atoms with E-state index in [0.717, 1.165) is 51.6 Å². The molecule has 1 aromatic carbocycles. The number of fused-ring (bicyclic) bond motifs is 1. The van der Waals surface area contributed by atoms with Crippen molar-refractivity contribution in [2.24, 2.45) is 11.8 Å². The van der Waals surface area contributed by atoms with Gasteiger partial charge in [-0.2, -0.15) is 4.68 Å². The maximum absolute atomic E-state index is 12.6. The van der Waals surface area contributed by atoms with Crippen molar-refractivity contribution < 1.29 is 22.6 Å². The first-order valence-corrected chi connectivity index (χ1v) is 12.1. The molecule has 0 aliphatic carbocycles. The smallest absolute Gasteiger partial charge is 0.406 e. The van der Waals surface area contributed by atoms with E-state index in [-0.39, 0.29) is 5.75 Å². The van der Waals surface area contributed by atoms with Gasteiger partial charge in [0.1, 0.15) is 17.1 Å². The fourth-order valence-corrected chi connectivity index (χ4v) is 4.81. The zero-order valence-corrected chi connectivity index (χ0v) is 19.4. The number of likely N-dealkylation sites (tertiary alicyclic amines) is 1. The molecule has 2 aromatic heterocycles. The number of anilines is 1. The van der Waals surface area contributed by atoms with Crippen LogP contribution in [0.1, 0.15) is 25.7 Å². The van der Waals surface area contributed by atoms with E-state index in [1.54, 1.807) is 12.1 Å². The van der Waals surface area contributed by atoms with E-state index in [9.17, 15) is 13.2 Å². The summed E-state index contributed by atoms with van der Waals surface area (Å²) in [6, 6.07) is 9.27. The second kappa shape index (κ2) is 10.4. The van der Waals surface area contributed by atoms with Crippen molar-refractivity contribution >= 4 is 17.0 Å². The van der Waals surface area contributed by atoms with E-state index in [2.05, 4.69) is 30.2 Å². The van der Waals surface area contributed by atoms with Crippen LogP contribution in [0, 0.1) is 11.8 Å². The molecule has 11 heteroatoms. The number of nitrogens with one attached hydrogen (secondary N) is 1. The highest BCUT2D eigenvalue weighted by Gasteiger charge is 2.31. The van der Waals surface area contributed by atoms with Crippen LogP contribution in [0.2, 0.25) is 0 Å². The van der Waals surface area contributed by atoms with Gasteiger partial charge in [-0.15, -0.1) is 18.3 Å². The number of halogens is 3. The minimum Gasteiger partial charge on any atom is -0.406 e. The van der Waals surface area contributed by atoms with Gasteiger partial charge in [0.15, 0.2) is 5.65 Å². The first kappa shape index (κ1) is 23.8. The molecule has 0 atom stereocenters. The summed E-state index contributed by atoms with van der Waals surface area (Å²) >= 11 is 0. The minimum atomic E-state index is -4.76. The number of nitrogens with zero attached hydrogens (tertiary/aromatic N) is 5. The molecule has 2 saturated heterocycles. The van der Waals surface area contributed by atoms with E-state index in [4.69, 9.17) is 4.74 Å². The molecule has 35 heavy (non-hydrogen) atoms. The molecule has 1 N–H and O–H groups in total. The quantitative estimate of drug-likeness (QED) is 0.530. The number of alkyl halides is 3. The lowest BCUT2D eigenvalue weighted by molar-refractivity contribution is -0.274. The zero-order chi connectivity index (χ0) is 24.3. The Hall–Kier alpha value is -2.92. The Morgan fingerprint density at radius 3 is 2.60 bits per heavy atom. The Morgan fingerprint density at radius 2 is 1.83 bits per heavy atom. The summed E-state index contributed by atoms with van der Waals surface area (Å²) in [6.07, 6.45) is -0.144. The highest BCUT2D eigenvalue weighted by molar-refractivity contribution is 5.74. The van der Waals surface area contributed by atoms with Gasteiger partial charge in [0, 0.05) is 32.4 Å². The second-order valence-corrected chi connectivity index (χ2v) is 9.27. The molecule has 0 spiro atoms. The van der Waals surface area contributed by atoms with Gasteiger partial charge in [0.05, 0.1) is 5.69 Å². The van der Waals surface area contributed by atoms with Crippen molar-refractivity contribution in [3.63, 3.8) is 0 Å². The summed E-state index contributed by atoms with van der Waals surface area (Å²) in [4.78, 5) is 7.22. The molecule has 5 rings (SSSR count). The highest BCUT2D eigenvalue weighted by atomic mass is 19.4. The SMILES string of the molecule is FC(F)(F)Oc1cccc(-n2nnc3ccc(NCC4CCN(CC5CCOCC5)CC4)nc32)c1. The number of ether oxygens (including phenoxy) is 2. The van der Waals surface area contributed by atoms with E-state index in [1.165, 1.54) is 42.3 Å². The third-order valence-corrected chi connectivity index (χ3v) is 6.73. The third kappa shape index (κ3) is 6.21. The number of rotatable bonds is 7. The molecular formula is C24H29F3N6O2. The molecule has 0 amide bonds. The molecule has 2 aliphatic rings. The van der Waals surface area contributed by atoms with Gasteiger partial charge in [0.2, 0.25) is 0 Å². The van der Waals surface area contributed by atoms with Gasteiger partial charge in [-0.25, -0.2) is 4.98 Å². The van der Waals surface area contributed by atoms with E-state index in [1.807, 2.05) is 6.07 Å². The van der Waals surface area contributed by atoms with E-state index >= 15 is 0 Å². The number of pyridine rings is 1. The molecule has 188 valence electrons. The number of hydrogen-bond acceptors (Lipinski definition) is 7. The monoisotopic (exact) mass is 490 g/mol. The van der Waals surface area contributed by atoms with Crippen molar-refractivity contribution in [3.8, 4) is 11.4 Å². The van der Waals surface area contributed by atoms with Crippen LogP contribution < -0.4 is 10.1 Å². The Morgan fingerprint density at radius 1 is 1.03 bits per heavy atom. The van der Waals surface area contributed by atoms with Crippen molar-refractivity contribution in [3.05, 3.63) is 36.4 Å². The lowest BCUT2D eigenvalue weighted by atomic mass is 9.94. The number of hydrogen-bond donors (Lipinski definition) is 1. The summed E-state index contributed by atoms with van der Waals surface area (Å²) in [5, 5.41) is 11.6. The predicted molar refractivity (Wildman–Crippen MR) is 125 cm³/mol. The Kier molecular flexibility index (Phi) is 7.05. The van der Waals surface area contributed by atoms with Crippen LogP contribution in [0.3, 0.4) is 0 Å². The van der Waals surface area contributed by atoms with Crippen LogP contribution >= 0.6 is 0 Å². The second-order valence-electron chi connectivity index (χ2n) is 9.27. The van der Waals surface area contributed by atoms with Crippen molar-refractivity contribution in [1.82, 2.24) is 24.9 Å². The highest BCUT2D eigenvalue weighted by Crippen LogP contribution is 2.26. The average molecular weight is 491 g/mol. The molecule has 0 saturated carbocycles. The third-order valence-electron chi connectivity index (χ3n) is 6.73. The van der Waals surface area contributed by atoms with E-state index in [0.29, 0.717) is 28.6 Å². The molecule has 8 nitrogen and oxygen atoms in total. The first-order chi connectivity index (χ1) is 16.9. The Balaban J connectivity index is 1.19. The van der Waals surface area contributed by atoms with Gasteiger partial charge in [-0.05, 0) is 74.9 Å². The number of benzene rings is 1. The topological polar surface area (TPSA) is 77.3 Å². The molecule has 2 aliphatic heterocycles. The first-order valence-electron chi connectivity index (χ1n) is 12.1. The minimum absolute atomic E-state index is 0.323. The van der Waals surface area contributed by atoms with Crippen molar-refractivity contribution in [2.45, 2.75) is 32.0 Å². The number of aromatic nitrogens is 4. The molecule has 0 bridgehead atoms. The number of piperidine rings is 1. The van der Waals surface area contributed by atoms with Gasteiger partial charge >= 0.3 is 6.36 Å². The van der Waals surface area contributed by atoms with Crippen LogP contribution in [0.15, 0.2) is 36.4 Å². The average Bonchev–Trinajstić information content (AvgIpc) is 3.27. The summed E-state index contributed by atoms with van der Waals surface area (Å²) in [5.74, 6) is 1.69. The standard InChI is InChI=1S/C24H29F3N6O2/c25-24(26,27)35-20-3-1-2-19(14-20)33-23-21(30-31-33)4-5-22(29-23)28-15-17-6-10-32(11-7-17)16-18-8-12-34-13-9-18/h1-5,14,17-18H,6-13,15-16H2,(H,28,29). The van der Waals surface area contributed by atoms with Crippen LogP contribution in [0.25, 0.3) is 16.9 Å². The summed E-state index contributed by atoms with van der Waals surface area (Å²) < 4.78 is 48.7. The molecule has 4 heterocycles. The molecule has 2 fully saturated rings. The lowest BCUT2D eigenvalue weighted by Crippen LogP contribution is -2.39. The van der Waals surface area contributed by atoms with Crippen molar-refractivity contribution in [2.75, 3.05) is 44.7 Å². The fraction of sp³-hybridized carbons (Fsp3) is 0.542. The Labute approximate surface area is 201 Å². The van der Waals surface area contributed by atoms with Gasteiger partial charge in [-0.3, -0.25) is 0 Å². The Bertz CT molecular complexity index is 1120. The maximum atomic E-state index is 12.6.